The summed E-state index contributed by atoms with van der Waals surface area (Å²) < 4.78 is 0. The second-order valence-corrected chi connectivity index (χ2v) is 6.88. The lowest BCUT2D eigenvalue weighted by Gasteiger charge is -2.18. The molecule has 1 heterocycles. The van der Waals surface area contributed by atoms with E-state index in [9.17, 15) is 4.79 Å². The summed E-state index contributed by atoms with van der Waals surface area (Å²) in [5.74, 6) is 1.66. The van der Waals surface area contributed by atoms with E-state index in [1.54, 1.807) is 11.8 Å². The number of carbonyl (C=O) groups excluding carboxylic acids is 1. The van der Waals surface area contributed by atoms with Crippen LogP contribution < -0.4 is 11.1 Å². The van der Waals surface area contributed by atoms with Crippen LogP contribution >= 0.6 is 11.8 Å². The van der Waals surface area contributed by atoms with Gasteiger partial charge in [0.2, 0.25) is 5.91 Å². The van der Waals surface area contributed by atoms with E-state index in [0.29, 0.717) is 12.5 Å². The molecule has 0 spiro atoms. The normalized spacial score (nSPS) is 23.0. The minimum Gasteiger partial charge on any atom is -0.351 e. The molecule has 0 aliphatic carbocycles. The summed E-state index contributed by atoms with van der Waals surface area (Å²) in [7, 11) is 0. The van der Waals surface area contributed by atoms with Gasteiger partial charge in [0, 0.05) is 12.6 Å². The highest BCUT2D eigenvalue weighted by atomic mass is 32.2. The predicted octanol–water partition coefficient (Wildman–Crippen LogP) is 3.21. The van der Waals surface area contributed by atoms with Gasteiger partial charge in [0.25, 0.3) is 0 Å². The highest BCUT2D eigenvalue weighted by molar-refractivity contribution is 8.00. The summed E-state index contributed by atoms with van der Waals surface area (Å²) in [6.45, 7) is 4.96. The van der Waals surface area contributed by atoms with Gasteiger partial charge in [-0.25, -0.2) is 0 Å². The van der Waals surface area contributed by atoms with E-state index in [-0.39, 0.29) is 17.2 Å². The number of amides is 1. The molecular formula is C17H26N2OS. The summed E-state index contributed by atoms with van der Waals surface area (Å²) in [6.07, 6.45) is 3.23. The SMILES string of the molecule is CCC(CC)c1cccc([C@H]2SCC[C@@H](CN)NC2=O)c1. The third kappa shape index (κ3) is 4.01. The van der Waals surface area contributed by atoms with Crippen molar-refractivity contribution in [3.8, 4) is 0 Å². The van der Waals surface area contributed by atoms with E-state index < -0.39 is 0 Å². The Morgan fingerprint density at radius 1 is 1.38 bits per heavy atom. The minimum absolute atomic E-state index is 0.101. The van der Waals surface area contributed by atoms with Crippen LogP contribution in [0.4, 0.5) is 0 Å². The molecule has 1 amide bonds. The number of carbonyl (C=O) groups is 1. The predicted molar refractivity (Wildman–Crippen MR) is 90.6 cm³/mol. The molecule has 0 unspecified atom stereocenters. The van der Waals surface area contributed by atoms with Crippen molar-refractivity contribution in [1.82, 2.24) is 5.32 Å². The van der Waals surface area contributed by atoms with Gasteiger partial charge in [-0.3, -0.25) is 4.79 Å². The van der Waals surface area contributed by atoms with Crippen LogP contribution in [0, 0.1) is 0 Å². The monoisotopic (exact) mass is 306 g/mol. The van der Waals surface area contributed by atoms with Crippen molar-refractivity contribution in [3.63, 3.8) is 0 Å². The number of benzene rings is 1. The zero-order chi connectivity index (χ0) is 15.2. The smallest absolute Gasteiger partial charge is 0.237 e. The van der Waals surface area contributed by atoms with Crippen LogP contribution in [-0.2, 0) is 4.79 Å². The van der Waals surface area contributed by atoms with Crippen LogP contribution in [0.1, 0.15) is 55.4 Å². The first-order valence-electron chi connectivity index (χ1n) is 7.91. The lowest BCUT2D eigenvalue weighted by atomic mass is 9.92. The van der Waals surface area contributed by atoms with Crippen molar-refractivity contribution < 1.29 is 4.79 Å². The Labute approximate surface area is 132 Å². The molecule has 2 atom stereocenters. The molecule has 1 fully saturated rings. The quantitative estimate of drug-likeness (QED) is 0.878. The third-order valence-corrected chi connectivity index (χ3v) is 5.58. The Morgan fingerprint density at radius 3 is 2.81 bits per heavy atom. The van der Waals surface area contributed by atoms with Gasteiger partial charge < -0.3 is 11.1 Å². The molecule has 1 aliphatic rings. The molecule has 2 rings (SSSR count). The van der Waals surface area contributed by atoms with Gasteiger partial charge in [-0.05, 0) is 42.1 Å². The fourth-order valence-electron chi connectivity index (χ4n) is 2.91. The van der Waals surface area contributed by atoms with Gasteiger partial charge in [0.15, 0.2) is 0 Å². The molecule has 116 valence electrons. The summed E-state index contributed by atoms with van der Waals surface area (Å²) in [4.78, 5) is 12.4. The van der Waals surface area contributed by atoms with Gasteiger partial charge in [-0.2, -0.15) is 0 Å². The first-order valence-corrected chi connectivity index (χ1v) is 8.96. The Kier molecular flexibility index (Phi) is 6.12. The van der Waals surface area contributed by atoms with Crippen LogP contribution in [0.15, 0.2) is 24.3 Å². The van der Waals surface area contributed by atoms with Crippen LogP contribution in [0.3, 0.4) is 0 Å². The van der Waals surface area contributed by atoms with Gasteiger partial charge in [0.05, 0.1) is 0 Å². The average molecular weight is 306 g/mol. The Bertz CT molecular complexity index is 474. The second kappa shape index (κ2) is 7.85. The number of hydrogen-bond acceptors (Lipinski definition) is 3. The number of rotatable bonds is 5. The molecule has 1 saturated heterocycles. The molecule has 0 saturated carbocycles. The van der Waals surface area contributed by atoms with Gasteiger partial charge in [-0.1, -0.05) is 38.1 Å². The summed E-state index contributed by atoms with van der Waals surface area (Å²) >= 11 is 1.73. The molecule has 3 N–H and O–H groups in total. The van der Waals surface area contributed by atoms with Crippen LogP contribution in [-0.4, -0.2) is 24.2 Å². The molecule has 1 aromatic carbocycles. The van der Waals surface area contributed by atoms with E-state index in [1.165, 1.54) is 5.56 Å². The highest BCUT2D eigenvalue weighted by Gasteiger charge is 2.27. The fraction of sp³-hybridized carbons (Fsp3) is 0.588. The van der Waals surface area contributed by atoms with E-state index in [2.05, 4.69) is 43.4 Å². The van der Waals surface area contributed by atoms with Crippen LogP contribution in [0.2, 0.25) is 0 Å². The van der Waals surface area contributed by atoms with Crippen molar-refractivity contribution in [1.29, 1.82) is 0 Å². The molecule has 0 bridgehead atoms. The van der Waals surface area contributed by atoms with Crippen molar-refractivity contribution in [2.45, 2.75) is 50.3 Å². The zero-order valence-corrected chi connectivity index (χ0v) is 13.8. The molecule has 0 radical (unpaired) electrons. The maximum atomic E-state index is 12.4. The van der Waals surface area contributed by atoms with E-state index in [0.717, 1.165) is 30.6 Å². The maximum Gasteiger partial charge on any atom is 0.237 e. The minimum atomic E-state index is -0.101. The third-order valence-electron chi connectivity index (χ3n) is 4.29. The summed E-state index contributed by atoms with van der Waals surface area (Å²) in [5, 5.41) is 2.97. The first-order chi connectivity index (χ1) is 10.2. The number of thioether (sulfide) groups is 1. The number of nitrogens with two attached hydrogens (primary N) is 1. The zero-order valence-electron chi connectivity index (χ0n) is 13.0. The summed E-state index contributed by atoms with van der Waals surface area (Å²) in [6, 6.07) is 8.69. The van der Waals surface area contributed by atoms with E-state index in [4.69, 9.17) is 5.73 Å². The molecule has 3 nitrogen and oxygen atoms in total. The standard InChI is InChI=1S/C17H26N2OS/c1-3-12(4-2)13-6-5-7-14(10-13)16-17(20)19-15(11-18)8-9-21-16/h5-7,10,12,15-16H,3-4,8-9,11,18H2,1-2H3,(H,19,20)/t15-,16+/m0/s1. The largest absolute Gasteiger partial charge is 0.351 e. The lowest BCUT2D eigenvalue weighted by Crippen LogP contribution is -2.40. The van der Waals surface area contributed by atoms with E-state index in [1.807, 2.05) is 0 Å². The van der Waals surface area contributed by atoms with Gasteiger partial charge in [0.1, 0.15) is 5.25 Å². The fourth-order valence-corrected chi connectivity index (χ4v) is 4.13. The maximum absolute atomic E-state index is 12.4. The van der Waals surface area contributed by atoms with Crippen molar-refractivity contribution >= 4 is 17.7 Å². The molecule has 4 heteroatoms. The Hall–Kier alpha value is -1.00. The molecule has 21 heavy (non-hydrogen) atoms. The molecular weight excluding hydrogens is 280 g/mol. The Balaban J connectivity index is 2.20. The number of hydrogen-bond donors (Lipinski definition) is 2. The number of nitrogens with one attached hydrogen (secondary N) is 1. The summed E-state index contributed by atoms with van der Waals surface area (Å²) in [5.41, 5.74) is 8.17. The molecule has 1 aliphatic heterocycles. The lowest BCUT2D eigenvalue weighted by molar-refractivity contribution is -0.121. The van der Waals surface area contributed by atoms with Gasteiger partial charge in [-0.15, -0.1) is 11.8 Å². The van der Waals surface area contributed by atoms with Crippen molar-refractivity contribution in [2.75, 3.05) is 12.3 Å². The van der Waals surface area contributed by atoms with Crippen molar-refractivity contribution in [2.24, 2.45) is 5.73 Å². The van der Waals surface area contributed by atoms with Crippen LogP contribution in [0.25, 0.3) is 0 Å². The highest BCUT2D eigenvalue weighted by Crippen LogP contribution is 2.34. The topological polar surface area (TPSA) is 55.1 Å². The molecule has 0 aromatic heterocycles. The second-order valence-electron chi connectivity index (χ2n) is 5.66. The van der Waals surface area contributed by atoms with Gasteiger partial charge >= 0.3 is 0 Å². The molecule has 1 aromatic rings. The van der Waals surface area contributed by atoms with E-state index >= 15 is 0 Å². The van der Waals surface area contributed by atoms with Crippen molar-refractivity contribution in [3.05, 3.63) is 35.4 Å². The van der Waals surface area contributed by atoms with Crippen LogP contribution in [0.5, 0.6) is 0 Å². The average Bonchev–Trinajstić information content (AvgIpc) is 2.70. The first kappa shape index (κ1) is 16.4. The Morgan fingerprint density at radius 2 is 2.14 bits per heavy atom.